The molecule has 2 fully saturated rings. The molecule has 2 aliphatic rings. The highest BCUT2D eigenvalue weighted by Crippen LogP contribution is 2.34. The molecule has 1 saturated carbocycles. The zero-order valence-corrected chi connectivity index (χ0v) is 18.6. The lowest BCUT2D eigenvalue weighted by molar-refractivity contribution is -0.126. The van der Waals surface area contributed by atoms with E-state index in [4.69, 9.17) is 4.98 Å². The quantitative estimate of drug-likeness (QED) is 0.643. The van der Waals surface area contributed by atoms with Crippen molar-refractivity contribution in [2.24, 2.45) is 5.92 Å². The Bertz CT molecular complexity index is 1060. The van der Waals surface area contributed by atoms with Crippen LogP contribution < -0.4 is 10.2 Å². The maximum absolute atomic E-state index is 13.3. The van der Waals surface area contributed by atoms with E-state index in [0.717, 1.165) is 65.6 Å². The Morgan fingerprint density at radius 2 is 1.81 bits per heavy atom. The van der Waals surface area contributed by atoms with Gasteiger partial charge in [0.2, 0.25) is 5.91 Å². The van der Waals surface area contributed by atoms with Gasteiger partial charge in [-0.25, -0.2) is 9.07 Å². The summed E-state index contributed by atoms with van der Waals surface area (Å²) in [6.45, 7) is 3.75. The van der Waals surface area contributed by atoms with Crippen LogP contribution >= 0.6 is 11.3 Å². The van der Waals surface area contributed by atoms with Gasteiger partial charge in [-0.3, -0.25) is 4.79 Å². The Balaban J connectivity index is 1.26. The fourth-order valence-electron chi connectivity index (χ4n) is 4.72. The van der Waals surface area contributed by atoms with Crippen molar-refractivity contribution in [2.75, 3.05) is 18.0 Å². The van der Waals surface area contributed by atoms with Gasteiger partial charge in [-0.05, 0) is 56.9 Å². The molecule has 0 atom stereocenters. The van der Waals surface area contributed by atoms with Gasteiger partial charge >= 0.3 is 0 Å². The van der Waals surface area contributed by atoms with E-state index in [0.29, 0.717) is 0 Å². The van der Waals surface area contributed by atoms with E-state index in [2.05, 4.69) is 15.3 Å². The summed E-state index contributed by atoms with van der Waals surface area (Å²) in [5.41, 5.74) is 2.55. The van der Waals surface area contributed by atoms with Gasteiger partial charge in [-0.1, -0.05) is 30.6 Å². The number of aryl methyl sites for hydroxylation is 1. The number of thiazole rings is 1. The SMILES string of the molecule is Cc1nn(-c2ccc(F)cc2)c2nc(N3CCC(NC(=O)C4CCCCC4)CC3)sc12. The molecule has 1 aliphatic heterocycles. The number of halogens is 1. The Hall–Kier alpha value is -2.48. The van der Waals surface area contributed by atoms with Crippen molar-refractivity contribution in [1.29, 1.82) is 0 Å². The van der Waals surface area contributed by atoms with Gasteiger partial charge in [-0.2, -0.15) is 10.1 Å². The third kappa shape index (κ3) is 4.18. The zero-order valence-electron chi connectivity index (χ0n) is 17.8. The van der Waals surface area contributed by atoms with Gasteiger partial charge in [-0.15, -0.1) is 0 Å². The standard InChI is InChI=1S/C23H28FN5OS/c1-15-20-21(29(27-15)19-9-7-17(24)8-10-19)26-23(31-20)28-13-11-18(12-14-28)25-22(30)16-5-3-2-4-6-16/h7-10,16,18H,2-6,11-14H2,1H3,(H,25,30). The Labute approximate surface area is 185 Å². The first-order valence-electron chi connectivity index (χ1n) is 11.3. The van der Waals surface area contributed by atoms with E-state index in [1.54, 1.807) is 28.2 Å². The number of rotatable bonds is 4. The summed E-state index contributed by atoms with van der Waals surface area (Å²) < 4.78 is 16.2. The Morgan fingerprint density at radius 1 is 1.10 bits per heavy atom. The molecule has 8 heteroatoms. The van der Waals surface area contributed by atoms with Crippen LogP contribution in [-0.4, -0.2) is 39.8 Å². The monoisotopic (exact) mass is 441 g/mol. The van der Waals surface area contributed by atoms with Crippen molar-refractivity contribution in [3.05, 3.63) is 35.8 Å². The first-order chi connectivity index (χ1) is 15.1. The molecule has 0 radical (unpaired) electrons. The fraction of sp³-hybridized carbons (Fsp3) is 0.522. The van der Waals surface area contributed by atoms with Crippen molar-refractivity contribution in [1.82, 2.24) is 20.1 Å². The number of nitrogens with zero attached hydrogens (tertiary/aromatic N) is 4. The largest absolute Gasteiger partial charge is 0.353 e. The zero-order chi connectivity index (χ0) is 21.4. The van der Waals surface area contributed by atoms with Crippen LogP contribution in [0.2, 0.25) is 0 Å². The van der Waals surface area contributed by atoms with Crippen molar-refractivity contribution in [3.63, 3.8) is 0 Å². The van der Waals surface area contributed by atoms with E-state index in [-0.39, 0.29) is 23.7 Å². The summed E-state index contributed by atoms with van der Waals surface area (Å²) in [5.74, 6) is 0.211. The lowest BCUT2D eigenvalue weighted by atomic mass is 9.88. The van der Waals surface area contributed by atoms with Crippen molar-refractivity contribution >= 4 is 32.7 Å². The predicted molar refractivity (Wildman–Crippen MR) is 121 cm³/mol. The molecular weight excluding hydrogens is 413 g/mol. The summed E-state index contributed by atoms with van der Waals surface area (Å²) in [7, 11) is 0. The van der Waals surface area contributed by atoms with E-state index in [1.165, 1.54) is 31.4 Å². The van der Waals surface area contributed by atoms with Crippen LogP contribution in [0.1, 0.15) is 50.6 Å². The average molecular weight is 442 g/mol. The highest BCUT2D eigenvalue weighted by molar-refractivity contribution is 7.22. The number of carbonyl (C=O) groups is 1. The molecule has 1 aromatic carbocycles. The number of benzene rings is 1. The molecule has 2 aromatic heterocycles. The van der Waals surface area contributed by atoms with Crippen LogP contribution in [0.3, 0.4) is 0 Å². The number of hydrogen-bond donors (Lipinski definition) is 1. The summed E-state index contributed by atoms with van der Waals surface area (Å²) in [6.07, 6.45) is 7.60. The normalized spacial score (nSPS) is 18.6. The number of piperidine rings is 1. The number of carbonyl (C=O) groups excluding carboxylic acids is 1. The van der Waals surface area contributed by atoms with Gasteiger partial charge in [0, 0.05) is 25.0 Å². The molecule has 3 heterocycles. The maximum Gasteiger partial charge on any atom is 0.223 e. The number of amides is 1. The highest BCUT2D eigenvalue weighted by atomic mass is 32.1. The van der Waals surface area contributed by atoms with Crippen molar-refractivity contribution in [3.8, 4) is 5.69 Å². The van der Waals surface area contributed by atoms with E-state index in [1.807, 2.05) is 6.92 Å². The molecule has 1 aliphatic carbocycles. The molecule has 5 rings (SSSR count). The molecule has 0 spiro atoms. The second-order valence-corrected chi connectivity index (χ2v) is 9.71. The Kier molecular flexibility index (Phi) is 5.65. The number of nitrogens with one attached hydrogen (secondary N) is 1. The number of anilines is 1. The third-order valence-corrected chi connectivity index (χ3v) is 7.75. The van der Waals surface area contributed by atoms with Crippen LogP contribution in [0.5, 0.6) is 0 Å². The molecule has 164 valence electrons. The molecule has 1 saturated heterocycles. The third-order valence-electron chi connectivity index (χ3n) is 6.54. The summed E-state index contributed by atoms with van der Waals surface area (Å²) in [6, 6.07) is 6.59. The maximum atomic E-state index is 13.3. The molecule has 0 bridgehead atoms. The van der Waals surface area contributed by atoms with Gasteiger partial charge in [0.1, 0.15) is 5.82 Å². The lowest BCUT2D eigenvalue weighted by Gasteiger charge is -2.33. The first-order valence-corrected chi connectivity index (χ1v) is 12.1. The van der Waals surface area contributed by atoms with Gasteiger partial charge in [0.05, 0.1) is 16.1 Å². The number of hydrogen-bond acceptors (Lipinski definition) is 5. The molecule has 6 nitrogen and oxygen atoms in total. The van der Waals surface area contributed by atoms with Crippen molar-refractivity contribution < 1.29 is 9.18 Å². The molecular formula is C23H28FN5OS. The van der Waals surface area contributed by atoms with Crippen LogP contribution in [0.4, 0.5) is 9.52 Å². The molecule has 1 amide bonds. The molecule has 0 unspecified atom stereocenters. The average Bonchev–Trinajstić information content (AvgIpc) is 3.36. The van der Waals surface area contributed by atoms with Crippen LogP contribution in [0, 0.1) is 18.7 Å². The minimum absolute atomic E-state index is 0.216. The second kappa shape index (κ2) is 8.57. The predicted octanol–water partition coefficient (Wildman–Crippen LogP) is 4.59. The Morgan fingerprint density at radius 3 is 2.52 bits per heavy atom. The van der Waals surface area contributed by atoms with Gasteiger partial charge in [0.15, 0.2) is 10.8 Å². The lowest BCUT2D eigenvalue weighted by Crippen LogP contribution is -2.46. The fourth-order valence-corrected chi connectivity index (χ4v) is 5.76. The number of aromatic nitrogens is 3. The topological polar surface area (TPSA) is 63.1 Å². The van der Waals surface area contributed by atoms with E-state index < -0.39 is 0 Å². The second-order valence-electron chi connectivity index (χ2n) is 8.73. The van der Waals surface area contributed by atoms with E-state index in [9.17, 15) is 9.18 Å². The van der Waals surface area contributed by atoms with E-state index >= 15 is 0 Å². The molecule has 1 N–H and O–H groups in total. The van der Waals surface area contributed by atoms with Crippen LogP contribution in [-0.2, 0) is 4.79 Å². The molecule has 3 aromatic rings. The summed E-state index contributed by atoms with van der Waals surface area (Å²) >= 11 is 1.66. The highest BCUT2D eigenvalue weighted by Gasteiger charge is 2.27. The molecule has 31 heavy (non-hydrogen) atoms. The minimum Gasteiger partial charge on any atom is -0.353 e. The van der Waals surface area contributed by atoms with Crippen LogP contribution in [0.15, 0.2) is 24.3 Å². The summed E-state index contributed by atoms with van der Waals surface area (Å²) in [5, 5.41) is 8.89. The van der Waals surface area contributed by atoms with Crippen LogP contribution in [0.25, 0.3) is 16.0 Å². The minimum atomic E-state index is -0.263. The number of fused-ring (bicyclic) bond motifs is 1. The van der Waals surface area contributed by atoms with Gasteiger partial charge in [0.25, 0.3) is 0 Å². The smallest absolute Gasteiger partial charge is 0.223 e. The van der Waals surface area contributed by atoms with Gasteiger partial charge < -0.3 is 10.2 Å². The van der Waals surface area contributed by atoms with Crippen molar-refractivity contribution in [2.45, 2.75) is 57.9 Å². The summed E-state index contributed by atoms with van der Waals surface area (Å²) in [4.78, 5) is 19.8. The first kappa shape index (κ1) is 20.4.